The van der Waals surface area contributed by atoms with Crippen molar-refractivity contribution in [3.05, 3.63) is 179 Å². The van der Waals surface area contributed by atoms with Crippen LogP contribution in [0.4, 0.5) is 51.2 Å². The highest BCUT2D eigenvalue weighted by Gasteiger charge is 2.44. The number of aryl methyl sites for hydroxylation is 6. The summed E-state index contributed by atoms with van der Waals surface area (Å²) in [6.45, 7) is 13.2. The second kappa shape index (κ2) is 12.3. The van der Waals surface area contributed by atoms with Crippen molar-refractivity contribution in [3.8, 4) is 0 Å². The zero-order chi connectivity index (χ0) is 35.7. The maximum Gasteiger partial charge on any atom is 0.252 e. The van der Waals surface area contributed by atoms with Crippen LogP contribution in [-0.2, 0) is 0 Å². The van der Waals surface area contributed by atoms with Crippen LogP contribution in [0.15, 0.2) is 146 Å². The van der Waals surface area contributed by atoms with Gasteiger partial charge in [0.15, 0.2) is 0 Å². The molecule has 0 radical (unpaired) electrons. The molecule has 7 aromatic carbocycles. The van der Waals surface area contributed by atoms with Gasteiger partial charge in [-0.05, 0) is 164 Å². The minimum absolute atomic E-state index is 0.0683. The van der Waals surface area contributed by atoms with E-state index in [0.29, 0.717) is 0 Å². The lowest BCUT2D eigenvalue weighted by atomic mass is 9.33. The Labute approximate surface area is 308 Å². The van der Waals surface area contributed by atoms with Gasteiger partial charge in [-0.15, -0.1) is 0 Å². The molecule has 0 amide bonds. The quantitative estimate of drug-likeness (QED) is 0.169. The van der Waals surface area contributed by atoms with Gasteiger partial charge in [0.2, 0.25) is 0 Å². The molecule has 0 saturated heterocycles. The molecule has 0 atom stereocenters. The molecule has 9 rings (SSSR count). The lowest BCUT2D eigenvalue weighted by Gasteiger charge is -2.45. The standard InChI is InChI=1S/C48H42BN3/c1-31-11-7-15-37(23-31)50(38-16-8-12-32(2)24-38)41-29-46-48-47(30-41)52(40-18-10-14-34(4)26-40)45-28-36(6)20-22-43(45)49(48)42-21-19-35(5)27-44(42)51(46)39-17-9-13-33(3)25-39/h7-30H,1-6H3. The van der Waals surface area contributed by atoms with Gasteiger partial charge in [0, 0.05) is 45.5 Å². The number of nitrogens with zero attached hydrogens (tertiary/aromatic N) is 3. The Morgan fingerprint density at radius 1 is 0.365 bits per heavy atom. The molecule has 4 heteroatoms. The van der Waals surface area contributed by atoms with Gasteiger partial charge >= 0.3 is 0 Å². The largest absolute Gasteiger partial charge is 0.311 e. The van der Waals surface area contributed by atoms with Gasteiger partial charge < -0.3 is 14.7 Å². The van der Waals surface area contributed by atoms with Crippen molar-refractivity contribution in [2.45, 2.75) is 41.5 Å². The molecule has 2 heterocycles. The van der Waals surface area contributed by atoms with E-state index in [4.69, 9.17) is 0 Å². The fourth-order valence-electron chi connectivity index (χ4n) is 8.40. The Morgan fingerprint density at radius 3 is 1.19 bits per heavy atom. The molecule has 0 aromatic heterocycles. The predicted octanol–water partition coefficient (Wildman–Crippen LogP) is 11.1. The molecule has 2 aliphatic heterocycles. The highest BCUT2D eigenvalue weighted by atomic mass is 15.2. The molecule has 252 valence electrons. The highest BCUT2D eigenvalue weighted by molar-refractivity contribution is 7.00. The lowest BCUT2D eigenvalue weighted by Crippen LogP contribution is -2.61. The summed E-state index contributed by atoms with van der Waals surface area (Å²) in [5.41, 5.74) is 22.0. The fraction of sp³-hybridized carbons (Fsp3) is 0.125. The van der Waals surface area contributed by atoms with Crippen molar-refractivity contribution in [3.63, 3.8) is 0 Å². The molecule has 7 aromatic rings. The Hall–Kier alpha value is -6.00. The highest BCUT2D eigenvalue weighted by Crippen LogP contribution is 2.48. The van der Waals surface area contributed by atoms with Crippen molar-refractivity contribution in [1.82, 2.24) is 0 Å². The SMILES string of the molecule is Cc1cccc(N(c2cccc(C)c2)c2cc3c4c(c2)N(c2cccc(C)c2)c2cc(C)ccc2B4c2ccc(C)cc2N3c2cccc(C)c2)c1. The summed E-state index contributed by atoms with van der Waals surface area (Å²) in [6.07, 6.45) is 0. The van der Waals surface area contributed by atoms with Gasteiger partial charge in [-0.2, -0.15) is 0 Å². The van der Waals surface area contributed by atoms with Crippen LogP contribution < -0.4 is 31.1 Å². The van der Waals surface area contributed by atoms with E-state index in [0.717, 1.165) is 17.1 Å². The first kappa shape index (κ1) is 31.9. The van der Waals surface area contributed by atoms with Gasteiger partial charge in [0.05, 0.1) is 5.69 Å². The van der Waals surface area contributed by atoms with Gasteiger partial charge in [0.1, 0.15) is 0 Å². The Bertz CT molecular complexity index is 2360. The van der Waals surface area contributed by atoms with Crippen LogP contribution >= 0.6 is 0 Å². The maximum absolute atomic E-state index is 2.52. The minimum Gasteiger partial charge on any atom is -0.311 e. The molecule has 2 aliphatic rings. The number of anilines is 9. The van der Waals surface area contributed by atoms with Crippen LogP contribution in [0.5, 0.6) is 0 Å². The van der Waals surface area contributed by atoms with Crippen LogP contribution in [0, 0.1) is 41.5 Å². The summed E-state index contributed by atoms with van der Waals surface area (Å²) in [5, 5.41) is 0. The summed E-state index contributed by atoms with van der Waals surface area (Å²) >= 11 is 0. The second-order valence-electron chi connectivity index (χ2n) is 14.8. The first-order valence-corrected chi connectivity index (χ1v) is 18.3. The molecule has 0 fully saturated rings. The summed E-state index contributed by atoms with van der Waals surface area (Å²) in [6, 6.07) is 54.6. The molecular formula is C48H42BN3. The molecule has 0 aliphatic carbocycles. The Kier molecular flexibility index (Phi) is 7.59. The van der Waals surface area contributed by atoms with Crippen LogP contribution in [0.1, 0.15) is 33.4 Å². The normalized spacial score (nSPS) is 12.7. The van der Waals surface area contributed by atoms with Crippen LogP contribution in [0.25, 0.3) is 0 Å². The smallest absolute Gasteiger partial charge is 0.252 e. The third kappa shape index (κ3) is 5.29. The summed E-state index contributed by atoms with van der Waals surface area (Å²) in [7, 11) is 0. The number of benzene rings is 7. The summed E-state index contributed by atoms with van der Waals surface area (Å²) in [5.74, 6) is 0. The van der Waals surface area contributed by atoms with Gasteiger partial charge in [-0.1, -0.05) is 72.8 Å². The predicted molar refractivity (Wildman–Crippen MR) is 224 cm³/mol. The third-order valence-corrected chi connectivity index (χ3v) is 10.7. The Morgan fingerprint density at radius 2 is 0.769 bits per heavy atom. The van der Waals surface area contributed by atoms with E-state index in [1.165, 1.54) is 83.9 Å². The average molecular weight is 672 g/mol. The fourth-order valence-corrected chi connectivity index (χ4v) is 8.40. The van der Waals surface area contributed by atoms with E-state index in [1.807, 2.05) is 0 Å². The summed E-state index contributed by atoms with van der Waals surface area (Å²) in [4.78, 5) is 7.48. The van der Waals surface area contributed by atoms with E-state index in [-0.39, 0.29) is 6.71 Å². The zero-order valence-electron chi connectivity index (χ0n) is 30.8. The first-order valence-electron chi connectivity index (χ1n) is 18.3. The molecule has 0 bridgehead atoms. The van der Waals surface area contributed by atoms with Crippen LogP contribution in [-0.4, -0.2) is 6.71 Å². The second-order valence-corrected chi connectivity index (χ2v) is 14.8. The van der Waals surface area contributed by atoms with Gasteiger partial charge in [-0.3, -0.25) is 0 Å². The van der Waals surface area contributed by atoms with E-state index in [9.17, 15) is 0 Å². The van der Waals surface area contributed by atoms with E-state index in [2.05, 4.69) is 202 Å². The van der Waals surface area contributed by atoms with Crippen molar-refractivity contribution < 1.29 is 0 Å². The van der Waals surface area contributed by atoms with Crippen molar-refractivity contribution >= 4 is 74.3 Å². The molecule has 0 unspecified atom stereocenters. The Balaban J connectivity index is 1.44. The molecule has 52 heavy (non-hydrogen) atoms. The average Bonchev–Trinajstić information content (AvgIpc) is 3.11. The van der Waals surface area contributed by atoms with Gasteiger partial charge in [0.25, 0.3) is 6.71 Å². The molecule has 3 nitrogen and oxygen atoms in total. The number of hydrogen-bond acceptors (Lipinski definition) is 3. The number of rotatable bonds is 5. The third-order valence-electron chi connectivity index (χ3n) is 10.7. The molecule has 0 saturated carbocycles. The van der Waals surface area contributed by atoms with Crippen molar-refractivity contribution in [2.24, 2.45) is 0 Å². The molecule has 0 N–H and O–H groups in total. The topological polar surface area (TPSA) is 9.72 Å². The first-order chi connectivity index (χ1) is 25.2. The zero-order valence-corrected chi connectivity index (χ0v) is 30.8. The lowest BCUT2D eigenvalue weighted by molar-refractivity contribution is 1.21. The van der Waals surface area contributed by atoms with Crippen molar-refractivity contribution in [2.75, 3.05) is 14.7 Å². The van der Waals surface area contributed by atoms with Crippen LogP contribution in [0.3, 0.4) is 0 Å². The minimum atomic E-state index is 0.0683. The van der Waals surface area contributed by atoms with Crippen molar-refractivity contribution in [1.29, 1.82) is 0 Å². The number of hydrogen-bond donors (Lipinski definition) is 0. The van der Waals surface area contributed by atoms with E-state index >= 15 is 0 Å². The van der Waals surface area contributed by atoms with Crippen LogP contribution in [0.2, 0.25) is 0 Å². The molecule has 0 spiro atoms. The number of fused-ring (bicyclic) bond motifs is 4. The maximum atomic E-state index is 2.52. The monoisotopic (exact) mass is 671 g/mol. The van der Waals surface area contributed by atoms with E-state index < -0.39 is 0 Å². The molecular weight excluding hydrogens is 629 g/mol. The summed E-state index contributed by atoms with van der Waals surface area (Å²) < 4.78 is 0. The van der Waals surface area contributed by atoms with E-state index in [1.54, 1.807) is 0 Å². The van der Waals surface area contributed by atoms with Gasteiger partial charge in [-0.25, -0.2) is 0 Å².